The second-order valence-corrected chi connectivity index (χ2v) is 18.3. The van der Waals surface area contributed by atoms with Gasteiger partial charge in [-0.15, -0.1) is 0 Å². The Hall–Kier alpha value is -2.45. The van der Waals surface area contributed by atoms with E-state index in [1.807, 2.05) is 20.8 Å². The number of hydrogen-bond donors (Lipinski definition) is 0. The van der Waals surface area contributed by atoms with E-state index in [-0.39, 0.29) is 49.5 Å². The third kappa shape index (κ3) is 11.1. The first kappa shape index (κ1) is 43.3. The maximum Gasteiger partial charge on any atom is 0.312 e. The molecule has 0 aromatic heterocycles. The number of esters is 4. The number of unbranched alkanes of at least 4 members (excludes halogenated alkanes) is 6. The average Bonchev–Trinajstić information content (AvgIpc) is 3.49. The van der Waals surface area contributed by atoms with Crippen LogP contribution >= 0.6 is 0 Å². The van der Waals surface area contributed by atoms with Crippen LogP contribution in [0.1, 0.15) is 177 Å². The molecule has 0 radical (unpaired) electrons. The summed E-state index contributed by atoms with van der Waals surface area (Å²) in [6.07, 6.45) is 18.2. The molecule has 302 valence electrons. The fourth-order valence-corrected chi connectivity index (χ4v) is 11.1. The quantitative estimate of drug-likeness (QED) is 0.0682. The van der Waals surface area contributed by atoms with Crippen molar-refractivity contribution in [3.05, 3.63) is 0 Å². The Labute approximate surface area is 320 Å². The zero-order valence-corrected chi connectivity index (χ0v) is 34.3. The zero-order chi connectivity index (χ0) is 38.8. The van der Waals surface area contributed by atoms with Gasteiger partial charge in [0.2, 0.25) is 0 Å². The molecule has 0 amide bonds. The van der Waals surface area contributed by atoms with Crippen LogP contribution in [0.3, 0.4) is 0 Å². The number of ketones is 1. The highest BCUT2D eigenvalue weighted by Crippen LogP contribution is 2.67. The maximum absolute atomic E-state index is 13.0. The Morgan fingerprint density at radius 3 is 1.91 bits per heavy atom. The SMILES string of the molecule is CCC(=O)OCC(COC(=O)CC)OC(=O)C(C)(C)CCCCCCCCCC(=O)O[C@@H]1CC[C@@]2(C)[C@@H](CC[C@@H]3[C@@H]2CC[C@]2(C)[C@@H](C(C)=O)CC[C@@H]32)C1. The van der Waals surface area contributed by atoms with Gasteiger partial charge in [0.25, 0.3) is 0 Å². The molecule has 0 aliphatic heterocycles. The molecule has 9 heteroatoms. The number of carbonyl (C=O) groups is 5. The van der Waals surface area contributed by atoms with Crippen molar-refractivity contribution >= 4 is 29.7 Å². The predicted octanol–water partition coefficient (Wildman–Crippen LogP) is 9.50. The summed E-state index contributed by atoms with van der Waals surface area (Å²) < 4.78 is 22.0. The molecule has 0 N–H and O–H groups in total. The van der Waals surface area contributed by atoms with E-state index in [1.165, 1.54) is 32.1 Å². The normalized spacial score (nSPS) is 30.8. The van der Waals surface area contributed by atoms with Gasteiger partial charge in [-0.2, -0.15) is 0 Å². The van der Waals surface area contributed by atoms with Crippen molar-refractivity contribution in [3.8, 4) is 0 Å². The molecule has 0 aromatic carbocycles. The number of ether oxygens (including phenoxy) is 4. The van der Waals surface area contributed by atoms with E-state index in [4.69, 9.17) is 18.9 Å². The van der Waals surface area contributed by atoms with Crippen molar-refractivity contribution in [1.82, 2.24) is 0 Å². The highest BCUT2D eigenvalue weighted by atomic mass is 16.6. The molecular formula is C44H72O9. The van der Waals surface area contributed by atoms with Crippen molar-refractivity contribution < 1.29 is 42.9 Å². The fraction of sp³-hybridized carbons (Fsp3) is 0.886. The van der Waals surface area contributed by atoms with Crippen LogP contribution in [-0.2, 0) is 42.9 Å². The van der Waals surface area contributed by atoms with E-state index in [0.717, 1.165) is 82.5 Å². The van der Waals surface area contributed by atoms with Crippen LogP contribution in [-0.4, -0.2) is 55.1 Å². The number of Topliss-reactive ketones (excluding diaryl/α,β-unsaturated/α-hetero) is 1. The lowest BCUT2D eigenvalue weighted by molar-refractivity contribution is -0.173. The molecule has 4 aliphatic rings. The first-order valence-corrected chi connectivity index (χ1v) is 21.4. The van der Waals surface area contributed by atoms with E-state index in [0.29, 0.717) is 35.9 Å². The van der Waals surface area contributed by atoms with Crippen LogP contribution in [0.4, 0.5) is 0 Å². The van der Waals surface area contributed by atoms with E-state index in [2.05, 4.69) is 13.8 Å². The smallest absolute Gasteiger partial charge is 0.312 e. The van der Waals surface area contributed by atoms with Gasteiger partial charge in [-0.1, -0.05) is 66.2 Å². The lowest BCUT2D eigenvalue weighted by Crippen LogP contribution is -2.54. The Morgan fingerprint density at radius 2 is 1.28 bits per heavy atom. The van der Waals surface area contributed by atoms with E-state index in [9.17, 15) is 24.0 Å². The van der Waals surface area contributed by atoms with Crippen LogP contribution in [0, 0.1) is 45.8 Å². The lowest BCUT2D eigenvalue weighted by atomic mass is 9.44. The van der Waals surface area contributed by atoms with E-state index >= 15 is 0 Å². The van der Waals surface area contributed by atoms with Gasteiger partial charge in [-0.25, -0.2) is 0 Å². The van der Waals surface area contributed by atoms with Gasteiger partial charge in [-0.05, 0) is 126 Å². The molecule has 53 heavy (non-hydrogen) atoms. The molecule has 0 saturated heterocycles. The molecule has 4 aliphatic carbocycles. The summed E-state index contributed by atoms with van der Waals surface area (Å²) >= 11 is 0. The Balaban J connectivity index is 1.07. The molecule has 4 saturated carbocycles. The van der Waals surface area contributed by atoms with E-state index < -0.39 is 29.4 Å². The molecule has 0 bridgehead atoms. The summed E-state index contributed by atoms with van der Waals surface area (Å²) in [5, 5.41) is 0. The second-order valence-electron chi connectivity index (χ2n) is 18.3. The minimum absolute atomic E-state index is 0.0367. The van der Waals surface area contributed by atoms with Crippen molar-refractivity contribution in [2.75, 3.05) is 13.2 Å². The number of hydrogen-bond acceptors (Lipinski definition) is 9. The summed E-state index contributed by atoms with van der Waals surface area (Å²) in [5.41, 5.74) is -0.179. The Bertz CT molecular complexity index is 1240. The van der Waals surface area contributed by atoms with Crippen LogP contribution < -0.4 is 0 Å². The fourth-order valence-electron chi connectivity index (χ4n) is 11.1. The second kappa shape index (κ2) is 19.4. The third-order valence-corrected chi connectivity index (χ3v) is 14.4. The van der Waals surface area contributed by atoms with Gasteiger partial charge in [0.15, 0.2) is 6.10 Å². The first-order valence-electron chi connectivity index (χ1n) is 21.4. The van der Waals surface area contributed by atoms with Crippen molar-refractivity contribution in [2.45, 2.75) is 189 Å². The Morgan fingerprint density at radius 1 is 0.698 bits per heavy atom. The summed E-state index contributed by atoms with van der Waals surface area (Å²) in [6, 6.07) is 0. The van der Waals surface area contributed by atoms with Crippen molar-refractivity contribution in [2.24, 2.45) is 45.8 Å². The maximum atomic E-state index is 13.0. The van der Waals surface area contributed by atoms with Crippen LogP contribution in [0.2, 0.25) is 0 Å². The summed E-state index contributed by atoms with van der Waals surface area (Å²) in [7, 11) is 0. The summed E-state index contributed by atoms with van der Waals surface area (Å²) in [4.78, 5) is 61.5. The first-order chi connectivity index (χ1) is 25.1. The Kier molecular flexibility index (Phi) is 15.9. The third-order valence-electron chi connectivity index (χ3n) is 14.4. The molecule has 9 nitrogen and oxygen atoms in total. The standard InChI is InChI=1S/C44H72O9/c1-8-38(46)50-28-33(29-51-39(47)9-2)53-41(49)42(4,5)24-16-14-12-10-11-13-15-17-40(48)52-32-22-25-43(6)31(27-32)18-19-34-36-21-20-35(30(3)45)44(36,7)26-23-37(34)43/h31-37H,8-29H2,1-7H3/t31-,32+,34-,35+,36-,37-,43-,44+/m0/s1. The summed E-state index contributed by atoms with van der Waals surface area (Å²) in [5.74, 6) is 2.26. The molecule has 8 atom stereocenters. The summed E-state index contributed by atoms with van der Waals surface area (Å²) in [6.45, 7) is 13.6. The highest BCUT2D eigenvalue weighted by molar-refractivity contribution is 5.79. The highest BCUT2D eigenvalue weighted by Gasteiger charge is 2.61. The van der Waals surface area contributed by atoms with Crippen LogP contribution in [0.15, 0.2) is 0 Å². The van der Waals surface area contributed by atoms with Crippen LogP contribution in [0.25, 0.3) is 0 Å². The van der Waals surface area contributed by atoms with Gasteiger partial charge in [0.05, 0.1) is 5.41 Å². The molecule has 0 aromatic rings. The number of carbonyl (C=O) groups excluding carboxylic acids is 5. The molecule has 0 unspecified atom stereocenters. The topological polar surface area (TPSA) is 122 Å². The minimum atomic E-state index is -0.835. The number of rotatable bonds is 20. The van der Waals surface area contributed by atoms with E-state index in [1.54, 1.807) is 13.8 Å². The van der Waals surface area contributed by atoms with Gasteiger partial charge < -0.3 is 18.9 Å². The lowest BCUT2D eigenvalue weighted by Gasteiger charge is -2.61. The van der Waals surface area contributed by atoms with Crippen molar-refractivity contribution in [1.29, 1.82) is 0 Å². The van der Waals surface area contributed by atoms with Gasteiger partial charge in [0, 0.05) is 25.2 Å². The minimum Gasteiger partial charge on any atom is -0.462 e. The van der Waals surface area contributed by atoms with Gasteiger partial charge in [-0.3, -0.25) is 24.0 Å². The molecule has 0 heterocycles. The van der Waals surface area contributed by atoms with Gasteiger partial charge >= 0.3 is 23.9 Å². The molecular weight excluding hydrogens is 672 g/mol. The molecule has 4 fully saturated rings. The largest absolute Gasteiger partial charge is 0.462 e. The molecule has 0 spiro atoms. The zero-order valence-electron chi connectivity index (χ0n) is 34.3. The average molecular weight is 745 g/mol. The monoisotopic (exact) mass is 745 g/mol. The van der Waals surface area contributed by atoms with Crippen LogP contribution in [0.5, 0.6) is 0 Å². The molecule has 4 rings (SSSR count). The van der Waals surface area contributed by atoms with Crippen molar-refractivity contribution in [3.63, 3.8) is 0 Å². The van der Waals surface area contributed by atoms with Gasteiger partial charge in [0.1, 0.15) is 25.1 Å². The predicted molar refractivity (Wildman–Crippen MR) is 203 cm³/mol. The number of fused-ring (bicyclic) bond motifs is 5.